The first-order valence-corrected chi connectivity index (χ1v) is 12.4. The molecule has 0 unspecified atom stereocenters. The fraction of sp³-hybridized carbons (Fsp3) is 0.318. The second kappa shape index (κ2) is 5.28. The lowest BCUT2D eigenvalue weighted by molar-refractivity contribution is 0.926. The molecule has 0 fully saturated rings. The van der Waals surface area contributed by atoms with Gasteiger partial charge in [0.05, 0.1) is 13.8 Å². The molecule has 0 bridgehead atoms. The second-order valence-electron chi connectivity index (χ2n) is 8.25. The molecule has 24 heavy (non-hydrogen) atoms. The van der Waals surface area contributed by atoms with Crippen molar-refractivity contribution in [3.8, 4) is 11.3 Å². The smallest absolute Gasteiger partial charge is 0.0776 e. The number of nitrogens with zero attached hydrogens (tertiary/aromatic N) is 1. The van der Waals surface area contributed by atoms with Crippen molar-refractivity contribution >= 4 is 24.0 Å². The SMILES string of the molecule is Cc1cc(C)c2c(c1)-c1ncc3ccc([Si](C)(C)C)cc3c1CC2. The number of aromatic nitrogens is 1. The van der Waals surface area contributed by atoms with Gasteiger partial charge in [0.25, 0.3) is 0 Å². The molecule has 0 aliphatic heterocycles. The fourth-order valence-corrected chi connectivity index (χ4v) is 5.17. The quantitative estimate of drug-likeness (QED) is 0.561. The van der Waals surface area contributed by atoms with Crippen LogP contribution in [0, 0.1) is 13.8 Å². The van der Waals surface area contributed by atoms with Gasteiger partial charge in [0.15, 0.2) is 0 Å². The summed E-state index contributed by atoms with van der Waals surface area (Å²) >= 11 is 0. The first-order chi connectivity index (χ1) is 11.3. The molecule has 3 aromatic rings. The van der Waals surface area contributed by atoms with Crippen LogP contribution in [-0.2, 0) is 12.8 Å². The molecular weight excluding hydrogens is 306 g/mol. The molecule has 4 rings (SSSR count). The van der Waals surface area contributed by atoms with E-state index in [0.717, 1.165) is 12.8 Å². The summed E-state index contributed by atoms with van der Waals surface area (Å²) in [7, 11) is -1.31. The van der Waals surface area contributed by atoms with Crippen molar-refractivity contribution in [3.05, 3.63) is 58.8 Å². The van der Waals surface area contributed by atoms with Gasteiger partial charge in [-0.05, 0) is 54.8 Å². The molecule has 1 heterocycles. The van der Waals surface area contributed by atoms with Gasteiger partial charge in [-0.1, -0.05) is 54.7 Å². The summed E-state index contributed by atoms with van der Waals surface area (Å²) < 4.78 is 0. The first-order valence-electron chi connectivity index (χ1n) is 8.87. The van der Waals surface area contributed by atoms with Crippen LogP contribution in [0.15, 0.2) is 36.5 Å². The van der Waals surface area contributed by atoms with Crippen LogP contribution in [0.1, 0.15) is 22.3 Å². The first kappa shape index (κ1) is 15.6. The van der Waals surface area contributed by atoms with Gasteiger partial charge in [0.2, 0.25) is 0 Å². The molecule has 0 spiro atoms. The molecule has 2 aromatic carbocycles. The summed E-state index contributed by atoms with van der Waals surface area (Å²) in [5.41, 5.74) is 8.24. The van der Waals surface area contributed by atoms with E-state index in [0.29, 0.717) is 0 Å². The normalized spacial score (nSPS) is 13.7. The van der Waals surface area contributed by atoms with E-state index in [4.69, 9.17) is 4.98 Å². The molecule has 0 amide bonds. The van der Waals surface area contributed by atoms with Crippen LogP contribution in [0.3, 0.4) is 0 Å². The molecule has 0 saturated carbocycles. The summed E-state index contributed by atoms with van der Waals surface area (Å²) in [5, 5.41) is 4.24. The van der Waals surface area contributed by atoms with Crippen LogP contribution in [-0.4, -0.2) is 13.1 Å². The third kappa shape index (κ3) is 2.41. The molecule has 1 nitrogen and oxygen atoms in total. The Morgan fingerprint density at radius 1 is 0.917 bits per heavy atom. The molecule has 0 saturated heterocycles. The maximum atomic E-state index is 4.87. The molecule has 2 heteroatoms. The number of aryl methyl sites for hydroxylation is 3. The summed E-state index contributed by atoms with van der Waals surface area (Å²) in [5.74, 6) is 0. The van der Waals surface area contributed by atoms with Gasteiger partial charge in [-0.3, -0.25) is 4.98 Å². The van der Waals surface area contributed by atoms with E-state index in [1.165, 1.54) is 49.5 Å². The molecule has 0 radical (unpaired) electrons. The number of benzene rings is 2. The van der Waals surface area contributed by atoms with Gasteiger partial charge in [0, 0.05) is 17.1 Å². The zero-order valence-corrected chi connectivity index (χ0v) is 16.3. The van der Waals surface area contributed by atoms with Gasteiger partial charge in [-0.25, -0.2) is 0 Å². The lowest BCUT2D eigenvalue weighted by Gasteiger charge is -2.24. The van der Waals surface area contributed by atoms with Crippen molar-refractivity contribution in [1.29, 1.82) is 0 Å². The highest BCUT2D eigenvalue weighted by Crippen LogP contribution is 2.37. The highest BCUT2D eigenvalue weighted by atomic mass is 28.3. The number of hydrogen-bond donors (Lipinski definition) is 0. The number of pyridine rings is 1. The predicted molar refractivity (Wildman–Crippen MR) is 107 cm³/mol. The van der Waals surface area contributed by atoms with E-state index in [-0.39, 0.29) is 0 Å². The van der Waals surface area contributed by atoms with Crippen molar-refractivity contribution in [2.45, 2.75) is 46.3 Å². The largest absolute Gasteiger partial charge is 0.255 e. The van der Waals surface area contributed by atoms with Gasteiger partial charge < -0.3 is 0 Å². The Morgan fingerprint density at radius 2 is 1.67 bits per heavy atom. The van der Waals surface area contributed by atoms with E-state index >= 15 is 0 Å². The Balaban J connectivity index is 2.01. The third-order valence-corrected chi connectivity index (χ3v) is 7.40. The summed E-state index contributed by atoms with van der Waals surface area (Å²) in [6.45, 7) is 11.7. The Kier molecular flexibility index (Phi) is 3.43. The Bertz CT molecular complexity index is 964. The van der Waals surface area contributed by atoms with Crippen molar-refractivity contribution in [1.82, 2.24) is 4.98 Å². The standard InChI is InChI=1S/C22H25NSi/c1-14-10-15(2)18-8-9-19-20-12-17(24(3,4)5)7-6-16(20)13-23-22(19)21(18)11-14/h6-7,10-13H,8-9H2,1-5H3. The summed E-state index contributed by atoms with van der Waals surface area (Å²) in [6, 6.07) is 11.7. The Labute approximate surface area is 145 Å². The van der Waals surface area contributed by atoms with Crippen LogP contribution in [0.25, 0.3) is 22.0 Å². The molecule has 122 valence electrons. The van der Waals surface area contributed by atoms with Crippen LogP contribution in [0.5, 0.6) is 0 Å². The van der Waals surface area contributed by atoms with E-state index < -0.39 is 8.07 Å². The van der Waals surface area contributed by atoms with E-state index in [1.54, 1.807) is 0 Å². The Hall–Kier alpha value is -1.93. The molecule has 1 aromatic heterocycles. The molecular formula is C22H25NSi. The monoisotopic (exact) mass is 331 g/mol. The highest BCUT2D eigenvalue weighted by molar-refractivity contribution is 6.88. The van der Waals surface area contributed by atoms with Gasteiger partial charge in [-0.15, -0.1) is 0 Å². The van der Waals surface area contributed by atoms with Crippen molar-refractivity contribution in [2.24, 2.45) is 0 Å². The van der Waals surface area contributed by atoms with Crippen LogP contribution < -0.4 is 5.19 Å². The summed E-state index contributed by atoms with van der Waals surface area (Å²) in [4.78, 5) is 4.87. The topological polar surface area (TPSA) is 12.9 Å². The number of fused-ring (bicyclic) bond motifs is 5. The maximum Gasteiger partial charge on any atom is 0.0776 e. The third-order valence-electron chi connectivity index (χ3n) is 5.36. The van der Waals surface area contributed by atoms with Crippen LogP contribution in [0.4, 0.5) is 0 Å². The molecule has 1 aliphatic carbocycles. The lowest BCUT2D eigenvalue weighted by Crippen LogP contribution is -2.37. The minimum atomic E-state index is -1.31. The predicted octanol–water partition coefficient (Wildman–Crippen LogP) is 5.16. The maximum absolute atomic E-state index is 4.87. The van der Waals surface area contributed by atoms with E-state index in [2.05, 4.69) is 70.0 Å². The molecule has 0 N–H and O–H groups in total. The van der Waals surface area contributed by atoms with Crippen LogP contribution >= 0.6 is 0 Å². The minimum Gasteiger partial charge on any atom is -0.255 e. The number of hydrogen-bond acceptors (Lipinski definition) is 1. The van der Waals surface area contributed by atoms with Gasteiger partial charge in [0.1, 0.15) is 0 Å². The number of rotatable bonds is 1. The summed E-state index contributed by atoms with van der Waals surface area (Å²) in [6.07, 6.45) is 4.30. The average Bonchev–Trinajstić information content (AvgIpc) is 2.52. The zero-order chi connectivity index (χ0) is 17.1. The van der Waals surface area contributed by atoms with Gasteiger partial charge >= 0.3 is 0 Å². The van der Waals surface area contributed by atoms with E-state index in [1.807, 2.05) is 0 Å². The fourth-order valence-electron chi connectivity index (χ4n) is 4.01. The van der Waals surface area contributed by atoms with E-state index in [9.17, 15) is 0 Å². The zero-order valence-electron chi connectivity index (χ0n) is 15.3. The highest BCUT2D eigenvalue weighted by Gasteiger charge is 2.23. The average molecular weight is 332 g/mol. The minimum absolute atomic E-state index is 1.10. The van der Waals surface area contributed by atoms with Crippen molar-refractivity contribution in [3.63, 3.8) is 0 Å². The van der Waals surface area contributed by atoms with Crippen molar-refractivity contribution < 1.29 is 0 Å². The lowest BCUT2D eigenvalue weighted by atomic mass is 9.83. The Morgan fingerprint density at radius 3 is 2.42 bits per heavy atom. The van der Waals surface area contributed by atoms with Crippen LogP contribution in [0.2, 0.25) is 19.6 Å². The van der Waals surface area contributed by atoms with Gasteiger partial charge in [-0.2, -0.15) is 0 Å². The van der Waals surface area contributed by atoms with Crippen molar-refractivity contribution in [2.75, 3.05) is 0 Å². The molecule has 0 atom stereocenters. The second-order valence-corrected chi connectivity index (χ2v) is 13.3. The molecule has 1 aliphatic rings.